The molecule has 0 spiro atoms. The second kappa shape index (κ2) is 9.43. The predicted molar refractivity (Wildman–Crippen MR) is 109 cm³/mol. The fourth-order valence-electron chi connectivity index (χ4n) is 3.17. The molecule has 0 N–H and O–H groups in total. The summed E-state index contributed by atoms with van der Waals surface area (Å²) >= 11 is 5.88. The normalized spacial score (nSPS) is 14.2. The van der Waals surface area contributed by atoms with Crippen LogP contribution in [0.15, 0.2) is 42.5 Å². The van der Waals surface area contributed by atoms with Gasteiger partial charge in [-0.2, -0.15) is 13.2 Å². The van der Waals surface area contributed by atoms with Crippen LogP contribution in [0.4, 0.5) is 24.5 Å². The minimum absolute atomic E-state index is 0.0530. The van der Waals surface area contributed by atoms with Gasteiger partial charge >= 0.3 is 12.1 Å². The van der Waals surface area contributed by atoms with Crippen LogP contribution in [0.25, 0.3) is 0 Å². The van der Waals surface area contributed by atoms with Crippen molar-refractivity contribution in [2.24, 2.45) is 0 Å². The molecule has 1 aliphatic rings. The Morgan fingerprint density at radius 2 is 1.78 bits per heavy atom. The molecule has 12 heteroatoms. The van der Waals surface area contributed by atoms with Crippen LogP contribution in [0.3, 0.4) is 0 Å². The van der Waals surface area contributed by atoms with E-state index in [2.05, 4.69) is 0 Å². The molecule has 0 saturated carbocycles. The highest BCUT2D eigenvalue weighted by molar-refractivity contribution is 6.33. The third-order valence-corrected chi connectivity index (χ3v) is 5.21. The number of halogens is 4. The van der Waals surface area contributed by atoms with Gasteiger partial charge in [0.2, 0.25) is 0 Å². The van der Waals surface area contributed by atoms with E-state index in [1.807, 2.05) is 0 Å². The number of carbonyl (C=O) groups is 2. The van der Waals surface area contributed by atoms with Crippen LogP contribution in [-0.2, 0) is 15.7 Å². The highest BCUT2D eigenvalue weighted by Crippen LogP contribution is 2.32. The Morgan fingerprint density at radius 3 is 2.41 bits per heavy atom. The minimum Gasteiger partial charge on any atom is -0.452 e. The molecule has 32 heavy (non-hydrogen) atoms. The van der Waals surface area contributed by atoms with Gasteiger partial charge in [0.05, 0.1) is 21.1 Å². The molecule has 2 aromatic rings. The Morgan fingerprint density at radius 1 is 1.09 bits per heavy atom. The number of rotatable bonds is 5. The maximum Gasteiger partial charge on any atom is 0.416 e. The number of ether oxygens (including phenoxy) is 1. The molecule has 1 amide bonds. The predicted octanol–water partition coefficient (Wildman–Crippen LogP) is 3.77. The number of piperazine rings is 1. The summed E-state index contributed by atoms with van der Waals surface area (Å²) in [5.74, 6) is -1.47. The van der Waals surface area contributed by atoms with Crippen molar-refractivity contribution in [3.8, 4) is 0 Å². The molecule has 0 unspecified atom stereocenters. The first-order chi connectivity index (χ1) is 15.1. The highest BCUT2D eigenvalue weighted by Gasteiger charge is 2.31. The number of nitro benzene ring substituents is 1. The summed E-state index contributed by atoms with van der Waals surface area (Å²) in [7, 11) is 0. The lowest BCUT2D eigenvalue weighted by Gasteiger charge is -2.36. The fourth-order valence-corrected chi connectivity index (χ4v) is 3.37. The smallest absolute Gasteiger partial charge is 0.416 e. The molecule has 1 fully saturated rings. The monoisotopic (exact) mass is 471 g/mol. The van der Waals surface area contributed by atoms with Crippen LogP contribution >= 0.6 is 11.6 Å². The standard InChI is InChI=1S/C20H17ClF3N3O5/c21-17-5-4-15(27(30)31)11-16(17)19(29)32-12-18(28)26-8-6-25(7-9-26)14-3-1-2-13(10-14)20(22,23)24/h1-5,10-11H,6-9,12H2. The molecule has 2 aromatic carbocycles. The number of non-ortho nitro benzene ring substituents is 1. The van der Waals surface area contributed by atoms with Crippen molar-refractivity contribution < 1.29 is 32.4 Å². The number of nitrogens with zero attached hydrogens (tertiary/aromatic N) is 3. The molecule has 8 nitrogen and oxygen atoms in total. The van der Waals surface area contributed by atoms with Gasteiger partial charge in [-0.05, 0) is 24.3 Å². The number of amides is 1. The van der Waals surface area contributed by atoms with E-state index in [1.54, 1.807) is 11.0 Å². The zero-order chi connectivity index (χ0) is 23.5. The fraction of sp³-hybridized carbons (Fsp3) is 0.300. The third kappa shape index (κ3) is 5.47. The Hall–Kier alpha value is -3.34. The molecule has 0 aromatic heterocycles. The second-order valence-electron chi connectivity index (χ2n) is 6.91. The first kappa shape index (κ1) is 23.3. The van der Waals surface area contributed by atoms with Crippen molar-refractivity contribution in [1.82, 2.24) is 4.90 Å². The van der Waals surface area contributed by atoms with Crippen LogP contribution in [-0.4, -0.2) is 54.5 Å². The van der Waals surface area contributed by atoms with E-state index in [0.29, 0.717) is 18.8 Å². The maximum atomic E-state index is 12.9. The van der Waals surface area contributed by atoms with Gasteiger partial charge in [0.25, 0.3) is 11.6 Å². The number of alkyl halides is 3. The number of hydrogen-bond acceptors (Lipinski definition) is 6. The van der Waals surface area contributed by atoms with E-state index in [4.69, 9.17) is 16.3 Å². The number of nitro groups is 1. The van der Waals surface area contributed by atoms with Crippen molar-refractivity contribution in [2.75, 3.05) is 37.7 Å². The molecular weight excluding hydrogens is 455 g/mol. The van der Waals surface area contributed by atoms with Crippen molar-refractivity contribution >= 4 is 34.9 Å². The minimum atomic E-state index is -4.44. The van der Waals surface area contributed by atoms with E-state index >= 15 is 0 Å². The van der Waals surface area contributed by atoms with Crippen molar-refractivity contribution in [3.63, 3.8) is 0 Å². The molecule has 1 heterocycles. The van der Waals surface area contributed by atoms with Gasteiger partial charge in [-0.3, -0.25) is 14.9 Å². The Bertz CT molecular complexity index is 1040. The second-order valence-corrected chi connectivity index (χ2v) is 7.32. The zero-order valence-corrected chi connectivity index (χ0v) is 17.2. The van der Waals surface area contributed by atoms with Crippen molar-refractivity contribution in [1.29, 1.82) is 0 Å². The number of esters is 1. The number of hydrogen-bond donors (Lipinski definition) is 0. The molecular formula is C20H17ClF3N3O5. The quantitative estimate of drug-likeness (QED) is 0.374. The van der Waals surface area contributed by atoms with Crippen LogP contribution in [0, 0.1) is 10.1 Å². The molecule has 0 radical (unpaired) electrons. The lowest BCUT2D eigenvalue weighted by atomic mass is 10.1. The van der Waals surface area contributed by atoms with Gasteiger partial charge in [-0.15, -0.1) is 0 Å². The van der Waals surface area contributed by atoms with Crippen LogP contribution in [0.1, 0.15) is 15.9 Å². The summed E-state index contributed by atoms with van der Waals surface area (Å²) in [6.07, 6.45) is -4.44. The number of anilines is 1. The molecule has 3 rings (SSSR count). The third-order valence-electron chi connectivity index (χ3n) is 4.88. The summed E-state index contributed by atoms with van der Waals surface area (Å²) in [6.45, 7) is 0.464. The summed E-state index contributed by atoms with van der Waals surface area (Å²) < 4.78 is 43.7. The van der Waals surface area contributed by atoms with E-state index in [-0.39, 0.29) is 29.4 Å². The summed E-state index contributed by atoms with van der Waals surface area (Å²) in [5, 5.41) is 10.8. The molecule has 0 bridgehead atoms. The van der Waals surface area contributed by atoms with Gasteiger partial charge < -0.3 is 14.5 Å². The average Bonchev–Trinajstić information content (AvgIpc) is 2.77. The van der Waals surface area contributed by atoms with Gasteiger partial charge in [0, 0.05) is 44.0 Å². The molecule has 1 saturated heterocycles. The van der Waals surface area contributed by atoms with Crippen molar-refractivity contribution in [2.45, 2.75) is 6.18 Å². The van der Waals surface area contributed by atoms with Crippen molar-refractivity contribution in [3.05, 3.63) is 68.7 Å². The largest absolute Gasteiger partial charge is 0.452 e. The Labute approximate surface area is 185 Å². The van der Waals surface area contributed by atoms with E-state index in [1.165, 1.54) is 17.0 Å². The summed E-state index contributed by atoms with van der Waals surface area (Å²) in [4.78, 5) is 37.8. The molecule has 0 atom stereocenters. The highest BCUT2D eigenvalue weighted by atomic mass is 35.5. The first-order valence-corrected chi connectivity index (χ1v) is 9.75. The topological polar surface area (TPSA) is 93.0 Å². The number of carbonyl (C=O) groups excluding carboxylic acids is 2. The van der Waals surface area contributed by atoms with E-state index < -0.39 is 35.1 Å². The Balaban J connectivity index is 1.55. The van der Waals surface area contributed by atoms with E-state index in [0.717, 1.165) is 24.3 Å². The van der Waals surface area contributed by atoms with Crippen LogP contribution in [0.2, 0.25) is 5.02 Å². The average molecular weight is 472 g/mol. The molecule has 1 aliphatic heterocycles. The van der Waals surface area contributed by atoms with Crippen LogP contribution in [0.5, 0.6) is 0 Å². The number of benzene rings is 2. The van der Waals surface area contributed by atoms with Gasteiger partial charge in [0.1, 0.15) is 0 Å². The van der Waals surface area contributed by atoms with Crippen LogP contribution < -0.4 is 4.90 Å². The lowest BCUT2D eigenvalue weighted by molar-refractivity contribution is -0.384. The summed E-state index contributed by atoms with van der Waals surface area (Å²) in [6, 6.07) is 8.22. The molecule has 170 valence electrons. The van der Waals surface area contributed by atoms with E-state index in [9.17, 15) is 32.9 Å². The lowest BCUT2D eigenvalue weighted by Crippen LogP contribution is -2.50. The van der Waals surface area contributed by atoms with Gasteiger partial charge in [-0.1, -0.05) is 17.7 Å². The molecule has 0 aliphatic carbocycles. The Kier molecular flexibility index (Phi) is 6.87. The maximum absolute atomic E-state index is 12.9. The summed E-state index contributed by atoms with van der Waals surface area (Å²) in [5.41, 5.74) is -0.930. The zero-order valence-electron chi connectivity index (χ0n) is 16.5. The van der Waals surface area contributed by atoms with Gasteiger partial charge in [-0.25, -0.2) is 4.79 Å². The first-order valence-electron chi connectivity index (χ1n) is 9.37. The SMILES string of the molecule is O=C(OCC(=O)N1CCN(c2cccc(C(F)(F)F)c2)CC1)c1cc([N+](=O)[O-])ccc1Cl. The van der Waals surface area contributed by atoms with Gasteiger partial charge in [0.15, 0.2) is 6.61 Å².